The van der Waals surface area contributed by atoms with Crippen molar-refractivity contribution in [3.63, 3.8) is 0 Å². The Labute approximate surface area is 182 Å². The standard InChI is InChI=1S/C22H25N5O3S/c1-26(19-8-3-2-4-9-19)31(29,30)20-10-5-7-17(15-20)22(28)25-18-11-12-21(23-16-18)27-14-6-13-24-27/h5-7,10-16,19H,2-4,8-9H2,1H3,(H,25,28). The largest absolute Gasteiger partial charge is 0.321 e. The van der Waals surface area contributed by atoms with Gasteiger partial charge in [0.05, 0.1) is 16.8 Å². The van der Waals surface area contributed by atoms with Crippen LogP contribution in [0.15, 0.2) is 66.0 Å². The van der Waals surface area contributed by atoms with E-state index in [1.165, 1.54) is 22.6 Å². The highest BCUT2D eigenvalue weighted by atomic mass is 32.2. The number of hydrogen-bond donors (Lipinski definition) is 1. The maximum atomic E-state index is 13.1. The monoisotopic (exact) mass is 439 g/mol. The lowest BCUT2D eigenvalue weighted by Crippen LogP contribution is -2.38. The Morgan fingerprint density at radius 2 is 1.94 bits per heavy atom. The molecule has 0 atom stereocenters. The molecule has 1 aromatic carbocycles. The van der Waals surface area contributed by atoms with Crippen LogP contribution < -0.4 is 5.32 Å². The van der Waals surface area contributed by atoms with Crippen molar-refractivity contribution in [3.8, 4) is 5.82 Å². The molecule has 0 unspecified atom stereocenters. The minimum absolute atomic E-state index is 0.00982. The molecular weight excluding hydrogens is 414 g/mol. The van der Waals surface area contributed by atoms with Crippen LogP contribution in [0.25, 0.3) is 5.82 Å². The molecule has 0 aliphatic heterocycles. The van der Waals surface area contributed by atoms with Crippen molar-refractivity contribution in [1.82, 2.24) is 19.1 Å². The minimum Gasteiger partial charge on any atom is -0.321 e. The SMILES string of the molecule is CN(C1CCCCC1)S(=O)(=O)c1cccc(C(=O)Nc2ccc(-n3cccn3)nc2)c1. The summed E-state index contributed by atoms with van der Waals surface area (Å²) in [6, 6.07) is 11.4. The van der Waals surface area contributed by atoms with Crippen molar-refractivity contribution in [2.24, 2.45) is 0 Å². The molecule has 1 aliphatic carbocycles. The number of pyridine rings is 1. The number of rotatable bonds is 6. The van der Waals surface area contributed by atoms with E-state index in [4.69, 9.17) is 0 Å². The number of amides is 1. The lowest BCUT2D eigenvalue weighted by molar-refractivity contribution is 0.102. The zero-order valence-corrected chi connectivity index (χ0v) is 18.1. The van der Waals surface area contributed by atoms with Gasteiger partial charge in [-0.25, -0.2) is 18.1 Å². The fourth-order valence-corrected chi connectivity index (χ4v) is 5.27. The highest BCUT2D eigenvalue weighted by Crippen LogP contribution is 2.27. The average Bonchev–Trinajstić information content (AvgIpc) is 3.35. The number of hydrogen-bond acceptors (Lipinski definition) is 5. The van der Waals surface area contributed by atoms with Crippen LogP contribution in [0, 0.1) is 0 Å². The summed E-state index contributed by atoms with van der Waals surface area (Å²) in [6.45, 7) is 0. The summed E-state index contributed by atoms with van der Waals surface area (Å²) in [7, 11) is -2.04. The second-order valence-corrected chi connectivity index (χ2v) is 9.65. The third-order valence-corrected chi connectivity index (χ3v) is 7.51. The normalized spacial score (nSPS) is 15.2. The molecule has 1 amide bonds. The van der Waals surface area contributed by atoms with Gasteiger partial charge in [-0.2, -0.15) is 9.40 Å². The topological polar surface area (TPSA) is 97.2 Å². The number of carbonyl (C=O) groups excluding carboxylic acids is 1. The Kier molecular flexibility index (Phi) is 6.15. The Morgan fingerprint density at radius 3 is 2.61 bits per heavy atom. The summed E-state index contributed by atoms with van der Waals surface area (Å²) < 4.78 is 29.3. The van der Waals surface area contributed by atoms with Crippen LogP contribution >= 0.6 is 0 Å². The summed E-state index contributed by atoms with van der Waals surface area (Å²) in [4.78, 5) is 17.1. The fourth-order valence-electron chi connectivity index (χ4n) is 3.81. The van der Waals surface area contributed by atoms with Crippen LogP contribution in [-0.4, -0.2) is 46.5 Å². The van der Waals surface area contributed by atoms with Crippen LogP contribution in [0.4, 0.5) is 5.69 Å². The maximum absolute atomic E-state index is 13.1. The molecule has 1 aliphatic rings. The van der Waals surface area contributed by atoms with Gasteiger partial charge in [-0.3, -0.25) is 4.79 Å². The van der Waals surface area contributed by atoms with Gasteiger partial charge in [0.25, 0.3) is 5.91 Å². The number of anilines is 1. The second kappa shape index (κ2) is 8.99. The lowest BCUT2D eigenvalue weighted by Gasteiger charge is -2.30. The molecule has 3 aromatic rings. The summed E-state index contributed by atoms with van der Waals surface area (Å²) in [5.74, 6) is 0.229. The summed E-state index contributed by atoms with van der Waals surface area (Å²) in [5.41, 5.74) is 0.780. The molecule has 8 nitrogen and oxygen atoms in total. The molecule has 1 N–H and O–H groups in total. The van der Waals surface area contributed by atoms with Gasteiger partial charge in [0.2, 0.25) is 10.0 Å². The Bertz CT molecular complexity index is 1140. The van der Waals surface area contributed by atoms with E-state index in [2.05, 4.69) is 15.4 Å². The molecule has 0 bridgehead atoms. The third kappa shape index (κ3) is 4.67. The molecule has 1 saturated carbocycles. The van der Waals surface area contributed by atoms with Crippen LogP contribution in [0.1, 0.15) is 42.5 Å². The molecule has 31 heavy (non-hydrogen) atoms. The van der Waals surface area contributed by atoms with Crippen molar-refractivity contribution in [2.75, 3.05) is 12.4 Å². The summed E-state index contributed by atoms with van der Waals surface area (Å²) >= 11 is 0. The van der Waals surface area contributed by atoms with E-state index in [-0.39, 0.29) is 16.5 Å². The first-order valence-electron chi connectivity index (χ1n) is 10.3. The van der Waals surface area contributed by atoms with Crippen LogP contribution in [-0.2, 0) is 10.0 Å². The molecule has 1 fully saturated rings. The van der Waals surface area contributed by atoms with Crippen LogP contribution in [0.2, 0.25) is 0 Å². The molecule has 2 heterocycles. The van der Waals surface area contributed by atoms with Crippen molar-refractivity contribution < 1.29 is 13.2 Å². The van der Waals surface area contributed by atoms with Gasteiger partial charge in [-0.05, 0) is 49.2 Å². The molecule has 2 aromatic heterocycles. The molecule has 4 rings (SSSR count). The van der Waals surface area contributed by atoms with E-state index < -0.39 is 15.9 Å². The number of nitrogens with one attached hydrogen (secondary N) is 1. The van der Waals surface area contributed by atoms with Gasteiger partial charge in [0, 0.05) is 31.0 Å². The van der Waals surface area contributed by atoms with Gasteiger partial charge in [-0.15, -0.1) is 0 Å². The van der Waals surface area contributed by atoms with E-state index in [0.29, 0.717) is 11.5 Å². The Hall–Kier alpha value is -3.04. The van der Waals surface area contributed by atoms with Crippen LogP contribution in [0.5, 0.6) is 0 Å². The van der Waals surface area contributed by atoms with E-state index in [1.807, 2.05) is 0 Å². The van der Waals surface area contributed by atoms with Gasteiger partial charge in [-0.1, -0.05) is 25.3 Å². The van der Waals surface area contributed by atoms with Gasteiger partial charge < -0.3 is 5.32 Å². The quantitative estimate of drug-likeness (QED) is 0.634. The fraction of sp³-hybridized carbons (Fsp3) is 0.318. The van der Waals surface area contributed by atoms with E-state index >= 15 is 0 Å². The first-order chi connectivity index (χ1) is 14.9. The highest BCUT2D eigenvalue weighted by Gasteiger charge is 2.29. The first kappa shape index (κ1) is 21.2. The van der Waals surface area contributed by atoms with Gasteiger partial charge >= 0.3 is 0 Å². The Balaban J connectivity index is 1.49. The molecule has 0 radical (unpaired) electrons. The average molecular weight is 440 g/mol. The molecular formula is C22H25N5O3S. The van der Waals surface area contributed by atoms with Crippen molar-refractivity contribution in [3.05, 3.63) is 66.6 Å². The van der Waals surface area contributed by atoms with Gasteiger partial charge in [0.15, 0.2) is 5.82 Å². The number of aromatic nitrogens is 3. The van der Waals surface area contributed by atoms with E-state index in [9.17, 15) is 13.2 Å². The molecule has 9 heteroatoms. The van der Waals surface area contributed by atoms with Crippen molar-refractivity contribution in [2.45, 2.75) is 43.0 Å². The highest BCUT2D eigenvalue weighted by molar-refractivity contribution is 7.89. The summed E-state index contributed by atoms with van der Waals surface area (Å²) in [6.07, 6.45) is 9.94. The third-order valence-electron chi connectivity index (χ3n) is 5.61. The zero-order valence-electron chi connectivity index (χ0n) is 17.3. The number of nitrogens with zero attached hydrogens (tertiary/aromatic N) is 4. The summed E-state index contributed by atoms with van der Waals surface area (Å²) in [5, 5.41) is 6.87. The minimum atomic E-state index is -3.67. The van der Waals surface area contributed by atoms with Gasteiger partial charge in [0.1, 0.15) is 0 Å². The predicted octanol–water partition coefficient (Wildman–Crippen LogP) is 3.47. The van der Waals surface area contributed by atoms with Crippen molar-refractivity contribution >= 4 is 21.6 Å². The van der Waals surface area contributed by atoms with E-state index in [1.54, 1.807) is 54.5 Å². The number of sulfonamides is 1. The van der Waals surface area contributed by atoms with Crippen molar-refractivity contribution in [1.29, 1.82) is 0 Å². The predicted molar refractivity (Wildman–Crippen MR) is 118 cm³/mol. The first-order valence-corrected chi connectivity index (χ1v) is 11.7. The van der Waals surface area contributed by atoms with Crippen LogP contribution in [0.3, 0.4) is 0 Å². The molecule has 0 saturated heterocycles. The van der Waals surface area contributed by atoms with E-state index in [0.717, 1.165) is 32.1 Å². The number of carbonyl (C=O) groups is 1. The lowest BCUT2D eigenvalue weighted by atomic mass is 9.96. The number of benzene rings is 1. The maximum Gasteiger partial charge on any atom is 0.255 e. The molecule has 162 valence electrons. The zero-order chi connectivity index (χ0) is 21.8. The Morgan fingerprint density at radius 1 is 1.13 bits per heavy atom. The second-order valence-electron chi connectivity index (χ2n) is 7.65. The molecule has 0 spiro atoms. The smallest absolute Gasteiger partial charge is 0.255 e.